The van der Waals surface area contributed by atoms with Crippen molar-refractivity contribution in [2.75, 3.05) is 12.4 Å². The third-order valence-electron chi connectivity index (χ3n) is 4.69. The van der Waals surface area contributed by atoms with Crippen LogP contribution in [-0.4, -0.2) is 22.0 Å². The normalized spacial score (nSPS) is 11.4. The van der Waals surface area contributed by atoms with Crippen molar-refractivity contribution in [3.63, 3.8) is 0 Å². The minimum atomic E-state index is -4.61. The summed E-state index contributed by atoms with van der Waals surface area (Å²) in [5.41, 5.74) is 0.0164. The van der Waals surface area contributed by atoms with E-state index in [1.54, 1.807) is 30.3 Å². The smallest absolute Gasteiger partial charge is 0.420 e. The molecule has 3 aromatic carbocycles. The molecule has 0 spiro atoms. The summed E-state index contributed by atoms with van der Waals surface area (Å²) in [5, 5.41) is 14.6. The number of non-ortho nitro benzene ring substituents is 1. The number of anilines is 2. The molecule has 10 heteroatoms. The molecular formula is C22H15F3N4O3. The highest BCUT2D eigenvalue weighted by atomic mass is 19.4. The first kappa shape index (κ1) is 21.0. The van der Waals surface area contributed by atoms with Crippen LogP contribution < -0.4 is 10.1 Å². The number of fused-ring (bicyclic) bond motifs is 1. The third-order valence-corrected chi connectivity index (χ3v) is 4.69. The Morgan fingerprint density at radius 1 is 1.00 bits per heavy atom. The van der Waals surface area contributed by atoms with Gasteiger partial charge in [0.25, 0.3) is 5.69 Å². The lowest BCUT2D eigenvalue weighted by Crippen LogP contribution is -2.08. The molecule has 0 saturated carbocycles. The largest absolute Gasteiger partial charge is 0.496 e. The molecule has 0 aliphatic heterocycles. The van der Waals surface area contributed by atoms with Crippen molar-refractivity contribution in [1.82, 2.24) is 9.97 Å². The number of hydrogen-bond acceptors (Lipinski definition) is 6. The van der Waals surface area contributed by atoms with Gasteiger partial charge in [-0.25, -0.2) is 9.97 Å². The summed E-state index contributed by atoms with van der Waals surface area (Å²) in [7, 11) is 1.17. The average molecular weight is 440 g/mol. The number of nitro groups is 1. The number of alkyl halides is 3. The molecule has 0 radical (unpaired) electrons. The summed E-state index contributed by atoms with van der Waals surface area (Å²) in [6.45, 7) is 0. The fourth-order valence-electron chi connectivity index (χ4n) is 3.20. The van der Waals surface area contributed by atoms with Gasteiger partial charge in [-0.1, -0.05) is 24.3 Å². The quantitative estimate of drug-likeness (QED) is 0.303. The minimum Gasteiger partial charge on any atom is -0.496 e. The van der Waals surface area contributed by atoms with Crippen LogP contribution in [0.3, 0.4) is 0 Å². The van der Waals surface area contributed by atoms with E-state index < -0.39 is 16.7 Å². The summed E-state index contributed by atoms with van der Waals surface area (Å²) in [6, 6.07) is 16.4. The number of rotatable bonds is 5. The first-order valence-electron chi connectivity index (χ1n) is 9.30. The van der Waals surface area contributed by atoms with E-state index in [1.807, 2.05) is 0 Å². The van der Waals surface area contributed by atoms with Crippen LogP contribution in [0.15, 0.2) is 66.7 Å². The van der Waals surface area contributed by atoms with Gasteiger partial charge in [0.05, 0.1) is 23.1 Å². The number of nitro benzene ring substituents is 1. The van der Waals surface area contributed by atoms with Gasteiger partial charge in [-0.3, -0.25) is 10.1 Å². The second-order valence-electron chi connectivity index (χ2n) is 6.76. The van der Waals surface area contributed by atoms with Gasteiger partial charge in [-0.2, -0.15) is 13.2 Å². The Bertz CT molecular complexity index is 1330. The van der Waals surface area contributed by atoms with Crippen LogP contribution in [0.25, 0.3) is 22.3 Å². The fourth-order valence-corrected chi connectivity index (χ4v) is 3.20. The Balaban J connectivity index is 1.83. The molecule has 32 heavy (non-hydrogen) atoms. The van der Waals surface area contributed by atoms with E-state index in [4.69, 9.17) is 4.74 Å². The van der Waals surface area contributed by atoms with Crippen molar-refractivity contribution in [3.8, 4) is 17.1 Å². The van der Waals surface area contributed by atoms with Gasteiger partial charge in [-0.05, 0) is 30.3 Å². The van der Waals surface area contributed by atoms with E-state index in [2.05, 4.69) is 15.3 Å². The second-order valence-corrected chi connectivity index (χ2v) is 6.76. The number of ether oxygens (including phenoxy) is 1. The van der Waals surface area contributed by atoms with Crippen LogP contribution in [0, 0.1) is 10.1 Å². The molecule has 1 aromatic heterocycles. The number of para-hydroxylation sites is 1. The molecule has 1 N–H and O–H groups in total. The molecule has 0 unspecified atom stereocenters. The van der Waals surface area contributed by atoms with Crippen molar-refractivity contribution >= 4 is 28.1 Å². The lowest BCUT2D eigenvalue weighted by molar-refractivity contribution is -0.384. The first-order valence-corrected chi connectivity index (χ1v) is 9.30. The van der Waals surface area contributed by atoms with Gasteiger partial charge in [0.15, 0.2) is 5.82 Å². The predicted molar refractivity (Wildman–Crippen MR) is 113 cm³/mol. The molecule has 0 aliphatic rings. The van der Waals surface area contributed by atoms with Crippen LogP contribution in [0.5, 0.6) is 5.75 Å². The molecule has 0 aliphatic carbocycles. The lowest BCUT2D eigenvalue weighted by Gasteiger charge is -2.15. The van der Waals surface area contributed by atoms with Gasteiger partial charge >= 0.3 is 6.18 Å². The number of nitrogens with one attached hydrogen (secondary N) is 1. The highest BCUT2D eigenvalue weighted by molar-refractivity contribution is 5.92. The zero-order valence-electron chi connectivity index (χ0n) is 16.6. The lowest BCUT2D eigenvalue weighted by atomic mass is 10.1. The Morgan fingerprint density at radius 2 is 1.78 bits per heavy atom. The summed E-state index contributed by atoms with van der Waals surface area (Å²) in [4.78, 5) is 19.5. The van der Waals surface area contributed by atoms with Crippen molar-refractivity contribution in [2.24, 2.45) is 0 Å². The maximum Gasteiger partial charge on any atom is 0.420 e. The maximum absolute atomic E-state index is 13.4. The summed E-state index contributed by atoms with van der Waals surface area (Å²) < 4.78 is 45.0. The molecule has 1 heterocycles. The average Bonchev–Trinajstić information content (AvgIpc) is 2.78. The fraction of sp³-hybridized carbons (Fsp3) is 0.0909. The molecule has 162 valence electrons. The number of hydrogen-bond donors (Lipinski definition) is 1. The van der Waals surface area contributed by atoms with E-state index in [9.17, 15) is 23.3 Å². The van der Waals surface area contributed by atoms with E-state index in [0.29, 0.717) is 16.5 Å². The van der Waals surface area contributed by atoms with Crippen molar-refractivity contribution in [2.45, 2.75) is 6.18 Å². The van der Waals surface area contributed by atoms with Crippen LogP contribution in [0.1, 0.15) is 5.56 Å². The Kier molecular flexibility index (Phi) is 5.35. The Labute approximate surface area is 179 Å². The number of nitrogens with zero attached hydrogens (tertiary/aromatic N) is 3. The molecule has 0 fully saturated rings. The van der Waals surface area contributed by atoms with Crippen molar-refractivity contribution < 1.29 is 22.8 Å². The molecule has 7 nitrogen and oxygen atoms in total. The SMILES string of the molecule is COc1ccc(Nc2nc(-c3cccc([N+](=O)[O-])c3)nc3ccccc23)cc1C(F)(F)F. The van der Waals surface area contributed by atoms with Crippen LogP contribution >= 0.6 is 0 Å². The van der Waals surface area contributed by atoms with Gasteiger partial charge in [0.2, 0.25) is 0 Å². The summed E-state index contributed by atoms with van der Waals surface area (Å²) >= 11 is 0. The van der Waals surface area contributed by atoms with Gasteiger partial charge < -0.3 is 10.1 Å². The number of benzene rings is 3. The van der Waals surface area contributed by atoms with Gasteiger partial charge in [-0.15, -0.1) is 0 Å². The van der Waals surface area contributed by atoms with E-state index >= 15 is 0 Å². The summed E-state index contributed by atoms with van der Waals surface area (Å²) in [6.07, 6.45) is -4.61. The van der Waals surface area contributed by atoms with Crippen molar-refractivity contribution in [3.05, 3.63) is 82.4 Å². The Morgan fingerprint density at radius 3 is 2.50 bits per heavy atom. The maximum atomic E-state index is 13.4. The molecule has 0 atom stereocenters. The molecule has 0 amide bonds. The Hall–Kier alpha value is -4.21. The van der Waals surface area contributed by atoms with Gasteiger partial charge in [0, 0.05) is 28.8 Å². The van der Waals surface area contributed by atoms with E-state index in [-0.39, 0.29) is 28.8 Å². The first-order chi connectivity index (χ1) is 15.3. The topological polar surface area (TPSA) is 90.2 Å². The van der Waals surface area contributed by atoms with E-state index in [0.717, 1.165) is 6.07 Å². The van der Waals surface area contributed by atoms with E-state index in [1.165, 1.54) is 37.4 Å². The summed E-state index contributed by atoms with van der Waals surface area (Å²) in [5.74, 6) is 0.155. The highest BCUT2D eigenvalue weighted by Gasteiger charge is 2.34. The standard InChI is InChI=1S/C22H15F3N4O3/c1-32-19-10-9-14(12-17(19)22(23,24)25)26-21-16-7-2-3-8-18(16)27-20(28-21)13-5-4-6-15(11-13)29(30)31/h2-12H,1H3,(H,26,27,28). The van der Waals surface area contributed by atoms with Crippen LogP contribution in [-0.2, 0) is 6.18 Å². The third kappa shape index (κ3) is 4.15. The zero-order valence-corrected chi connectivity index (χ0v) is 16.6. The monoisotopic (exact) mass is 440 g/mol. The van der Waals surface area contributed by atoms with Crippen LogP contribution in [0.2, 0.25) is 0 Å². The second kappa shape index (κ2) is 8.14. The molecular weight excluding hydrogens is 425 g/mol. The van der Waals surface area contributed by atoms with Crippen LogP contribution in [0.4, 0.5) is 30.4 Å². The highest BCUT2D eigenvalue weighted by Crippen LogP contribution is 2.38. The molecule has 0 bridgehead atoms. The number of methoxy groups -OCH3 is 1. The number of aromatic nitrogens is 2. The number of halogens is 3. The molecule has 4 aromatic rings. The molecule has 0 saturated heterocycles. The van der Waals surface area contributed by atoms with Crippen molar-refractivity contribution in [1.29, 1.82) is 0 Å². The zero-order chi connectivity index (χ0) is 22.9. The minimum absolute atomic E-state index is 0.126. The van der Waals surface area contributed by atoms with Gasteiger partial charge in [0.1, 0.15) is 11.6 Å². The molecule has 4 rings (SSSR count). The predicted octanol–water partition coefficient (Wildman–Crippen LogP) is 5.98.